The molecule has 1 aliphatic heterocycles. The number of nitrogens with zero attached hydrogens (tertiary/aromatic N) is 3. The summed E-state index contributed by atoms with van der Waals surface area (Å²) in [6.45, 7) is 2.78. The van der Waals surface area contributed by atoms with E-state index in [9.17, 15) is 4.79 Å². The van der Waals surface area contributed by atoms with E-state index in [1.807, 2.05) is 30.3 Å². The predicted molar refractivity (Wildman–Crippen MR) is 134 cm³/mol. The molecule has 1 atom stereocenters. The van der Waals surface area contributed by atoms with Gasteiger partial charge in [-0.3, -0.25) is 9.69 Å². The minimum Gasteiger partial charge on any atom is -0.399 e. The van der Waals surface area contributed by atoms with E-state index in [1.165, 1.54) is 28.9 Å². The number of amides is 1. The van der Waals surface area contributed by atoms with Crippen LogP contribution >= 0.6 is 46.5 Å². The van der Waals surface area contributed by atoms with Crippen molar-refractivity contribution in [2.45, 2.75) is 35.0 Å². The van der Waals surface area contributed by atoms with Crippen LogP contribution in [0.3, 0.4) is 0 Å². The molecule has 1 saturated heterocycles. The molecule has 0 spiro atoms. The third-order valence-electron chi connectivity index (χ3n) is 5.45. The molecular weight excluding hydrogens is 485 g/mol. The minimum absolute atomic E-state index is 0.0343. The molecule has 1 aromatic heterocycles. The number of halogens is 2. The van der Waals surface area contributed by atoms with Crippen LogP contribution in [0.2, 0.25) is 0 Å². The number of anilines is 1. The second kappa shape index (κ2) is 11.0. The second-order valence-corrected chi connectivity index (χ2v) is 10.9. The van der Waals surface area contributed by atoms with Gasteiger partial charge in [-0.05, 0) is 54.6 Å². The van der Waals surface area contributed by atoms with Gasteiger partial charge in [0.25, 0.3) is 0 Å². The summed E-state index contributed by atoms with van der Waals surface area (Å²) in [4.78, 5) is 19.3. The number of carbonyl (C=O) groups is 1. The van der Waals surface area contributed by atoms with Gasteiger partial charge in [0.15, 0.2) is 10.2 Å². The Morgan fingerprint density at radius 3 is 2.91 bits per heavy atom. The average molecular weight is 511 g/mol. The number of nitrogen functional groups attached to an aromatic ring is 1. The number of alkyl halides is 1. The number of allylic oxidation sites excluding steroid dienone is 2. The molecule has 3 N–H and O–H groups in total. The number of thioether (sulfide) groups is 1. The average Bonchev–Trinajstić information content (AvgIpc) is 3.26. The molecule has 1 aliphatic carbocycles. The Kier molecular flexibility index (Phi) is 8.12. The van der Waals surface area contributed by atoms with Gasteiger partial charge < -0.3 is 11.1 Å². The van der Waals surface area contributed by atoms with E-state index in [2.05, 4.69) is 25.7 Å². The molecular formula is C22H25Cl2N5OS2. The maximum Gasteiger partial charge on any atom is 0.230 e. The zero-order chi connectivity index (χ0) is 22.5. The number of carbonyl (C=O) groups excluding carboxylic acids is 1. The molecule has 1 unspecified atom stereocenters. The van der Waals surface area contributed by atoms with Crippen molar-refractivity contribution in [2.24, 2.45) is 0 Å². The van der Waals surface area contributed by atoms with Crippen molar-refractivity contribution in [3.63, 3.8) is 0 Å². The highest BCUT2D eigenvalue weighted by Gasteiger charge is 2.22. The zero-order valence-electron chi connectivity index (χ0n) is 17.5. The van der Waals surface area contributed by atoms with Crippen LogP contribution in [0.25, 0.3) is 11.4 Å². The summed E-state index contributed by atoms with van der Waals surface area (Å²) in [5.41, 5.74) is 8.61. The van der Waals surface area contributed by atoms with Crippen molar-refractivity contribution in [3.05, 3.63) is 47.0 Å². The van der Waals surface area contributed by atoms with E-state index >= 15 is 0 Å². The van der Waals surface area contributed by atoms with Gasteiger partial charge in [-0.1, -0.05) is 41.6 Å². The number of hydrogen-bond donors (Lipinski definition) is 2. The highest BCUT2D eigenvalue weighted by Crippen LogP contribution is 2.27. The molecule has 0 radical (unpaired) electrons. The summed E-state index contributed by atoms with van der Waals surface area (Å²) in [5.74, 6) is 1.01. The number of benzene rings is 1. The van der Waals surface area contributed by atoms with Crippen molar-refractivity contribution >= 4 is 58.1 Å². The molecule has 1 fully saturated rings. The van der Waals surface area contributed by atoms with Crippen LogP contribution in [0, 0.1) is 0 Å². The molecule has 2 heterocycles. The first-order valence-corrected chi connectivity index (χ1v) is 13.1. The van der Waals surface area contributed by atoms with E-state index in [-0.39, 0.29) is 17.3 Å². The van der Waals surface area contributed by atoms with Crippen molar-refractivity contribution in [2.75, 3.05) is 31.1 Å². The molecule has 2 aliphatic rings. The number of nitrogens with two attached hydrogens (primary N) is 1. The van der Waals surface area contributed by atoms with Gasteiger partial charge in [0.05, 0.1) is 11.1 Å². The highest BCUT2D eigenvalue weighted by atomic mass is 35.5. The number of nitrogens with one attached hydrogen (secondary N) is 1. The molecule has 1 amide bonds. The van der Waals surface area contributed by atoms with E-state index < -0.39 is 0 Å². The Bertz CT molecular complexity index is 1020. The summed E-state index contributed by atoms with van der Waals surface area (Å²) in [7, 11) is 0. The first-order chi connectivity index (χ1) is 15.5. The number of hydrogen-bond acceptors (Lipinski definition) is 7. The topological polar surface area (TPSA) is 84.1 Å². The van der Waals surface area contributed by atoms with Gasteiger partial charge in [0, 0.05) is 42.0 Å². The van der Waals surface area contributed by atoms with Crippen molar-refractivity contribution in [1.82, 2.24) is 19.6 Å². The van der Waals surface area contributed by atoms with Gasteiger partial charge in [0.1, 0.15) is 0 Å². The molecule has 10 heteroatoms. The lowest BCUT2D eigenvalue weighted by Gasteiger charge is -2.33. The molecule has 4 rings (SSSR count). The first kappa shape index (κ1) is 23.6. The van der Waals surface area contributed by atoms with Gasteiger partial charge in [0.2, 0.25) is 5.91 Å². The number of rotatable bonds is 7. The van der Waals surface area contributed by atoms with Crippen LogP contribution in [0.5, 0.6) is 0 Å². The van der Waals surface area contributed by atoms with Crippen LogP contribution in [-0.4, -0.2) is 57.0 Å². The lowest BCUT2D eigenvalue weighted by atomic mass is 10.0. The normalized spacial score (nSPS) is 20.0. The maximum atomic E-state index is 12.4. The van der Waals surface area contributed by atoms with Crippen LogP contribution in [-0.2, 0) is 4.79 Å². The summed E-state index contributed by atoms with van der Waals surface area (Å²) in [5, 5.41) is 3.79. The highest BCUT2D eigenvalue weighted by molar-refractivity contribution is 8.01. The fourth-order valence-corrected chi connectivity index (χ4v) is 5.57. The Morgan fingerprint density at radius 1 is 1.34 bits per heavy atom. The van der Waals surface area contributed by atoms with Gasteiger partial charge >= 0.3 is 0 Å². The molecule has 0 saturated carbocycles. The van der Waals surface area contributed by atoms with E-state index in [0.29, 0.717) is 17.3 Å². The van der Waals surface area contributed by atoms with Crippen LogP contribution in [0.15, 0.2) is 51.4 Å². The fraction of sp³-hybridized carbons (Fsp3) is 0.409. The Balaban J connectivity index is 1.18. The first-order valence-electron chi connectivity index (χ1n) is 10.5. The van der Waals surface area contributed by atoms with Gasteiger partial charge in [-0.25, -0.2) is 4.98 Å². The summed E-state index contributed by atoms with van der Waals surface area (Å²) in [6.07, 6.45) is 6.82. The lowest BCUT2D eigenvalue weighted by molar-refractivity contribution is -0.119. The largest absolute Gasteiger partial charge is 0.399 e. The van der Waals surface area contributed by atoms with Crippen LogP contribution < -0.4 is 11.1 Å². The number of likely N-dealkylation sites (tertiary alicyclic amines) is 1. The Morgan fingerprint density at radius 2 is 2.16 bits per heavy atom. The van der Waals surface area contributed by atoms with E-state index in [0.717, 1.165) is 53.8 Å². The SMILES string of the molecule is Nc1cccc(-c2nsc(SCC(=O)NC3CCN(CC4=CCC(Cl)C(Cl)=C4)CC3)n2)c1. The number of piperidine rings is 1. The van der Waals surface area contributed by atoms with Crippen molar-refractivity contribution in [3.8, 4) is 11.4 Å². The molecule has 2 aromatic rings. The molecule has 0 bridgehead atoms. The maximum absolute atomic E-state index is 12.4. The molecule has 6 nitrogen and oxygen atoms in total. The summed E-state index contributed by atoms with van der Waals surface area (Å²) in [6, 6.07) is 7.69. The molecule has 32 heavy (non-hydrogen) atoms. The van der Waals surface area contributed by atoms with Crippen molar-refractivity contribution < 1.29 is 4.79 Å². The Labute approximate surface area is 206 Å². The Hall–Kier alpha value is -1.58. The van der Waals surface area contributed by atoms with Crippen molar-refractivity contribution in [1.29, 1.82) is 0 Å². The minimum atomic E-state index is -0.0943. The quantitative estimate of drug-likeness (QED) is 0.324. The molecule has 1 aromatic carbocycles. The third kappa shape index (κ3) is 6.48. The van der Waals surface area contributed by atoms with Crippen LogP contribution in [0.1, 0.15) is 19.3 Å². The van der Waals surface area contributed by atoms with Crippen LogP contribution in [0.4, 0.5) is 5.69 Å². The summed E-state index contributed by atoms with van der Waals surface area (Å²) < 4.78 is 5.16. The van der Waals surface area contributed by atoms with Gasteiger partial charge in [-0.15, -0.1) is 11.6 Å². The standard InChI is InChI=1S/C22H25Cl2N5OS2/c23-18-5-4-14(10-19(18)24)12-29-8-6-17(7-9-29)26-20(30)13-31-22-27-21(28-32-22)15-2-1-3-16(25)11-15/h1-4,10-11,17-18H,5-9,12-13,25H2,(H,26,30). The fourth-order valence-electron chi connectivity index (χ4n) is 3.76. The molecule has 170 valence electrons. The lowest BCUT2D eigenvalue weighted by Crippen LogP contribution is -2.45. The second-order valence-electron chi connectivity index (χ2n) is 7.93. The number of aromatic nitrogens is 2. The van der Waals surface area contributed by atoms with Gasteiger partial charge in [-0.2, -0.15) is 4.37 Å². The monoisotopic (exact) mass is 509 g/mol. The predicted octanol–water partition coefficient (Wildman–Crippen LogP) is 4.52. The van der Waals surface area contributed by atoms with E-state index in [1.54, 1.807) is 0 Å². The van der Waals surface area contributed by atoms with E-state index in [4.69, 9.17) is 28.9 Å². The third-order valence-corrected chi connectivity index (χ3v) is 8.18. The smallest absolute Gasteiger partial charge is 0.230 e. The summed E-state index contributed by atoms with van der Waals surface area (Å²) >= 11 is 15.0. The zero-order valence-corrected chi connectivity index (χ0v) is 20.6.